The van der Waals surface area contributed by atoms with Crippen molar-refractivity contribution in [1.82, 2.24) is 15.0 Å². The lowest BCUT2D eigenvalue weighted by Gasteiger charge is -2.17. The van der Waals surface area contributed by atoms with Gasteiger partial charge in [-0.3, -0.25) is 0 Å². The highest BCUT2D eigenvalue weighted by Gasteiger charge is 2.52. The minimum absolute atomic E-state index is 0.175. The maximum absolute atomic E-state index is 15.4. The van der Waals surface area contributed by atoms with E-state index in [1.54, 1.807) is 24.5 Å². The van der Waals surface area contributed by atoms with Crippen LogP contribution in [0, 0.1) is 5.92 Å². The first-order valence-corrected chi connectivity index (χ1v) is 20.0. The third kappa shape index (κ3) is 12.1. The summed E-state index contributed by atoms with van der Waals surface area (Å²) in [7, 11) is 0. The van der Waals surface area contributed by atoms with Crippen LogP contribution < -0.4 is 4.74 Å². The zero-order valence-electron chi connectivity index (χ0n) is 30.2. The molecular formula is C43H61F2N3O. The topological polar surface area (TPSA) is 47.9 Å². The molecule has 0 spiro atoms. The van der Waals surface area contributed by atoms with Gasteiger partial charge in [0, 0.05) is 18.0 Å². The lowest BCUT2D eigenvalue weighted by Crippen LogP contribution is -2.30. The van der Waals surface area contributed by atoms with E-state index in [1.807, 2.05) is 0 Å². The molecule has 1 aliphatic heterocycles. The van der Waals surface area contributed by atoms with Crippen LogP contribution in [0.25, 0.3) is 22.6 Å². The van der Waals surface area contributed by atoms with Crippen molar-refractivity contribution in [3.05, 3.63) is 60.0 Å². The summed E-state index contributed by atoms with van der Waals surface area (Å²) in [5.41, 5.74) is 3.35. The van der Waals surface area contributed by atoms with E-state index < -0.39 is 12.0 Å². The van der Waals surface area contributed by atoms with Crippen molar-refractivity contribution < 1.29 is 13.5 Å². The van der Waals surface area contributed by atoms with Crippen molar-refractivity contribution in [3.63, 3.8) is 0 Å². The van der Waals surface area contributed by atoms with Gasteiger partial charge in [-0.25, -0.2) is 15.0 Å². The summed E-state index contributed by atoms with van der Waals surface area (Å²) >= 11 is 0. The van der Waals surface area contributed by atoms with Crippen LogP contribution in [0.3, 0.4) is 0 Å². The van der Waals surface area contributed by atoms with Gasteiger partial charge < -0.3 is 4.74 Å². The molecule has 5 rings (SSSR count). The van der Waals surface area contributed by atoms with Crippen molar-refractivity contribution in [2.45, 2.75) is 173 Å². The van der Waals surface area contributed by atoms with E-state index in [9.17, 15) is 0 Å². The second-order valence-electron chi connectivity index (χ2n) is 14.9. The first-order chi connectivity index (χ1) is 24.0. The Hall–Kier alpha value is -2.89. The number of pyridine rings is 1. The quantitative estimate of drug-likeness (QED) is 0.0840. The van der Waals surface area contributed by atoms with Crippen LogP contribution in [0.15, 0.2) is 48.8 Å². The second kappa shape index (κ2) is 20.1. The maximum atomic E-state index is 15.4. The number of rotatable bonds is 25. The summed E-state index contributed by atoms with van der Waals surface area (Å²) in [6, 6.07) is 11.9. The van der Waals surface area contributed by atoms with Crippen LogP contribution >= 0.6 is 0 Å². The predicted molar refractivity (Wildman–Crippen MR) is 198 cm³/mol. The molecule has 4 nitrogen and oxygen atoms in total. The summed E-state index contributed by atoms with van der Waals surface area (Å²) in [4.78, 5) is 13.3. The molecule has 1 unspecified atom stereocenters. The molecule has 1 fully saturated rings. The number of benzene rings is 1. The number of ether oxygens (including phenoxy) is 1. The van der Waals surface area contributed by atoms with Crippen LogP contribution in [0.2, 0.25) is 0 Å². The zero-order valence-corrected chi connectivity index (χ0v) is 30.2. The smallest absolute Gasteiger partial charge is 0.329 e. The van der Waals surface area contributed by atoms with Gasteiger partial charge in [0.25, 0.3) is 0 Å². The summed E-state index contributed by atoms with van der Waals surface area (Å²) in [6.07, 6.45) is 32.3. The van der Waals surface area contributed by atoms with Gasteiger partial charge in [0.2, 0.25) is 0 Å². The van der Waals surface area contributed by atoms with E-state index in [0.717, 1.165) is 42.7 Å². The Morgan fingerprint density at radius 1 is 0.633 bits per heavy atom. The number of alkyl halides is 2. The van der Waals surface area contributed by atoms with E-state index in [-0.39, 0.29) is 11.4 Å². The van der Waals surface area contributed by atoms with E-state index >= 15 is 8.78 Å². The van der Waals surface area contributed by atoms with Gasteiger partial charge in [0.1, 0.15) is 11.4 Å². The first kappa shape index (κ1) is 37.4. The Bertz CT molecular complexity index is 1360. The van der Waals surface area contributed by atoms with Crippen LogP contribution in [-0.2, 0) is 12.3 Å². The van der Waals surface area contributed by atoms with E-state index in [1.165, 1.54) is 128 Å². The summed E-state index contributed by atoms with van der Waals surface area (Å²) in [6.45, 7) is 2.25. The lowest BCUT2D eigenvalue weighted by atomic mass is 10.0. The Balaban J connectivity index is 0.999. The Kier molecular flexibility index (Phi) is 15.3. The SMILES string of the molecule is CCCCCCCCCCCCCCC1Oc2ccc(-c3ncc(-c4ccc(CCCCCCCCCC5CC5)cc4)cn3)nc2C1(F)F. The van der Waals surface area contributed by atoms with Crippen LogP contribution in [0.5, 0.6) is 5.75 Å². The molecule has 268 valence electrons. The Morgan fingerprint density at radius 3 is 1.78 bits per heavy atom. The van der Waals surface area contributed by atoms with Crippen LogP contribution in [0.1, 0.15) is 166 Å². The predicted octanol–water partition coefficient (Wildman–Crippen LogP) is 13.2. The van der Waals surface area contributed by atoms with Crippen molar-refractivity contribution in [2.75, 3.05) is 0 Å². The Labute approximate surface area is 295 Å². The highest BCUT2D eigenvalue weighted by molar-refractivity contribution is 5.63. The van der Waals surface area contributed by atoms with Gasteiger partial charge >= 0.3 is 5.92 Å². The van der Waals surface area contributed by atoms with Crippen molar-refractivity contribution in [3.8, 4) is 28.4 Å². The second-order valence-corrected chi connectivity index (χ2v) is 14.9. The van der Waals surface area contributed by atoms with Gasteiger partial charge in [0.05, 0.1) is 0 Å². The molecule has 49 heavy (non-hydrogen) atoms. The molecule has 0 bridgehead atoms. The highest BCUT2D eigenvalue weighted by atomic mass is 19.3. The summed E-state index contributed by atoms with van der Waals surface area (Å²) in [5.74, 6) is -1.54. The summed E-state index contributed by atoms with van der Waals surface area (Å²) in [5, 5.41) is 0. The molecule has 0 radical (unpaired) electrons. The van der Waals surface area contributed by atoms with Crippen LogP contribution in [0.4, 0.5) is 8.78 Å². The normalized spacial score (nSPS) is 16.5. The molecule has 2 aromatic heterocycles. The fourth-order valence-corrected chi connectivity index (χ4v) is 7.22. The van der Waals surface area contributed by atoms with E-state index in [2.05, 4.69) is 46.1 Å². The monoisotopic (exact) mass is 673 g/mol. The molecule has 1 aromatic carbocycles. The van der Waals surface area contributed by atoms with E-state index in [0.29, 0.717) is 17.9 Å². The highest BCUT2D eigenvalue weighted by Crippen LogP contribution is 2.46. The fourth-order valence-electron chi connectivity index (χ4n) is 7.22. The van der Waals surface area contributed by atoms with Crippen molar-refractivity contribution >= 4 is 0 Å². The molecule has 3 heterocycles. The Morgan fingerprint density at radius 2 is 1.18 bits per heavy atom. The van der Waals surface area contributed by atoms with Gasteiger partial charge in [-0.2, -0.15) is 8.78 Å². The van der Waals surface area contributed by atoms with Crippen molar-refractivity contribution in [2.24, 2.45) is 5.92 Å². The third-order valence-corrected chi connectivity index (χ3v) is 10.6. The number of nitrogens with zero attached hydrogens (tertiary/aromatic N) is 3. The van der Waals surface area contributed by atoms with Crippen LogP contribution in [-0.4, -0.2) is 21.1 Å². The molecule has 1 aliphatic carbocycles. The fraction of sp³-hybridized carbons (Fsp3) is 0.651. The van der Waals surface area contributed by atoms with Crippen molar-refractivity contribution in [1.29, 1.82) is 0 Å². The molecule has 0 N–H and O–H groups in total. The molecule has 1 atom stereocenters. The minimum Gasteiger partial charge on any atom is -0.482 e. The molecular weight excluding hydrogens is 612 g/mol. The average Bonchev–Trinajstić information content (AvgIpc) is 3.92. The molecule has 3 aromatic rings. The number of aryl methyl sites for hydroxylation is 1. The van der Waals surface area contributed by atoms with E-state index in [4.69, 9.17) is 4.74 Å². The first-order valence-electron chi connectivity index (χ1n) is 20.0. The number of fused-ring (bicyclic) bond motifs is 1. The third-order valence-electron chi connectivity index (χ3n) is 10.6. The average molecular weight is 674 g/mol. The molecule has 0 saturated heterocycles. The molecule has 1 saturated carbocycles. The number of aromatic nitrogens is 3. The number of hydrogen-bond donors (Lipinski definition) is 0. The largest absolute Gasteiger partial charge is 0.482 e. The molecule has 0 amide bonds. The lowest BCUT2D eigenvalue weighted by molar-refractivity contribution is -0.0818. The maximum Gasteiger partial charge on any atom is 0.329 e. The zero-order chi connectivity index (χ0) is 34.2. The minimum atomic E-state index is -3.13. The number of halogens is 2. The molecule has 2 aliphatic rings. The number of unbranched alkanes of at least 4 members (excludes halogenated alkanes) is 17. The number of hydrogen-bond acceptors (Lipinski definition) is 4. The van der Waals surface area contributed by atoms with Gasteiger partial charge in [0.15, 0.2) is 17.6 Å². The molecule has 6 heteroatoms. The van der Waals surface area contributed by atoms with Gasteiger partial charge in [-0.15, -0.1) is 0 Å². The summed E-state index contributed by atoms with van der Waals surface area (Å²) < 4.78 is 36.5. The standard InChI is InChI=1S/C43H61F2N3O/c1-2-3-4-5-6-7-8-9-10-14-17-20-23-40-43(44,45)41-39(49-40)31-30-38(48-41)42-46-32-37(33-47-42)36-28-26-35(27-29-36)22-19-16-13-11-12-15-18-21-34-24-25-34/h26-34,40H,2-25H2,1H3. The van der Waals surface area contributed by atoms with Gasteiger partial charge in [-0.1, -0.05) is 160 Å². The van der Waals surface area contributed by atoms with Gasteiger partial charge in [-0.05, 0) is 54.9 Å².